The van der Waals surface area contributed by atoms with Crippen LogP contribution in [0.25, 0.3) is 0 Å². The molecule has 2 atom stereocenters. The molecule has 3 N–H and O–H groups in total. The van der Waals surface area contributed by atoms with Gasteiger partial charge in [0.15, 0.2) is 0 Å². The van der Waals surface area contributed by atoms with E-state index in [1.165, 1.54) is 161 Å². The first-order valence-corrected chi connectivity index (χ1v) is 26.8. The first-order valence-electron chi connectivity index (χ1n) is 25.3. The van der Waals surface area contributed by atoms with Crippen molar-refractivity contribution in [3.63, 3.8) is 0 Å². The smallest absolute Gasteiger partial charge is 0.463 e. The zero-order chi connectivity index (χ0) is 43.9. The van der Waals surface area contributed by atoms with E-state index in [2.05, 4.69) is 43.5 Å². The summed E-state index contributed by atoms with van der Waals surface area (Å²) in [7, 11) is -4.42. The van der Waals surface area contributed by atoms with Crippen LogP contribution >= 0.6 is 7.82 Å². The molecule has 0 aromatic heterocycles. The molecule has 0 aromatic carbocycles. The average molecular weight is 870 g/mol. The summed E-state index contributed by atoms with van der Waals surface area (Å²) in [5.74, 6) is -0.520. The first kappa shape index (κ1) is 58.5. The Balaban J connectivity index is 3.52. The zero-order valence-electron chi connectivity index (χ0n) is 39.2. The van der Waals surface area contributed by atoms with Crippen molar-refractivity contribution in [1.29, 1.82) is 0 Å². The maximum Gasteiger partial charge on any atom is 0.472 e. The van der Waals surface area contributed by atoms with Crippen molar-refractivity contribution in [2.24, 2.45) is 0 Å². The van der Waals surface area contributed by atoms with Crippen molar-refractivity contribution in [2.45, 2.75) is 258 Å². The molecule has 0 aliphatic carbocycles. The number of ether oxygens (including phenoxy) is 1. The van der Waals surface area contributed by atoms with Gasteiger partial charge < -0.3 is 20.1 Å². The van der Waals surface area contributed by atoms with Crippen LogP contribution in [0.1, 0.15) is 251 Å². The van der Waals surface area contributed by atoms with Gasteiger partial charge in [0, 0.05) is 19.4 Å². The highest BCUT2D eigenvalue weighted by atomic mass is 31.2. The van der Waals surface area contributed by atoms with E-state index < -0.39 is 26.5 Å². The Hall–Kier alpha value is -1.51. The molecule has 10 heteroatoms. The third-order valence-electron chi connectivity index (χ3n) is 11.1. The predicted octanol–water partition coefficient (Wildman–Crippen LogP) is 14.7. The average Bonchev–Trinajstić information content (AvgIpc) is 3.23. The highest BCUT2D eigenvalue weighted by Crippen LogP contribution is 2.42. The summed E-state index contributed by atoms with van der Waals surface area (Å²) < 4.78 is 26.9. The van der Waals surface area contributed by atoms with Crippen LogP contribution in [0.15, 0.2) is 24.3 Å². The van der Waals surface area contributed by atoms with Gasteiger partial charge in [-0.3, -0.25) is 18.6 Å². The van der Waals surface area contributed by atoms with Crippen molar-refractivity contribution in [3.05, 3.63) is 24.3 Å². The monoisotopic (exact) mass is 870 g/mol. The van der Waals surface area contributed by atoms with Gasteiger partial charge in [0.2, 0.25) is 5.91 Å². The molecule has 0 spiro atoms. The summed E-state index contributed by atoms with van der Waals surface area (Å²) in [5.41, 5.74) is 0. The lowest BCUT2D eigenvalue weighted by atomic mass is 10.0. The number of phosphoric acid groups is 1. The van der Waals surface area contributed by atoms with E-state index in [0.717, 1.165) is 64.2 Å². The summed E-state index contributed by atoms with van der Waals surface area (Å²) >= 11 is 0. The number of aliphatic hydroxyl groups is 1. The molecular weight excluding hydrogens is 774 g/mol. The molecule has 0 aliphatic rings. The largest absolute Gasteiger partial charge is 0.472 e. The highest BCUT2D eigenvalue weighted by molar-refractivity contribution is 7.47. The fourth-order valence-corrected chi connectivity index (χ4v) is 8.05. The molecule has 354 valence electrons. The van der Waals surface area contributed by atoms with Gasteiger partial charge in [-0.25, -0.2) is 4.57 Å². The maximum atomic E-state index is 12.1. The lowest BCUT2D eigenvalue weighted by Crippen LogP contribution is -2.27. The molecule has 0 aliphatic heterocycles. The maximum absolute atomic E-state index is 12.1. The molecule has 1 amide bonds. The SMILES string of the molecule is CCCCC/C=C\C/C=C\CCCCCCCC(=O)OCC(O)COP(=O)(O)OCCNC(=O)CCCCCCCCCCCCCCCCCCCCCCCCCC. The van der Waals surface area contributed by atoms with Crippen LogP contribution < -0.4 is 5.32 Å². The number of carbonyl (C=O) groups excluding carboxylic acids is 2. The van der Waals surface area contributed by atoms with Crippen molar-refractivity contribution in [1.82, 2.24) is 5.32 Å². The van der Waals surface area contributed by atoms with Crippen LogP contribution in [-0.4, -0.2) is 54.3 Å². The second kappa shape index (κ2) is 47.0. The summed E-state index contributed by atoms with van der Waals surface area (Å²) in [6.45, 7) is 3.55. The lowest BCUT2D eigenvalue weighted by molar-refractivity contribution is -0.147. The van der Waals surface area contributed by atoms with Crippen molar-refractivity contribution < 1.29 is 37.9 Å². The van der Waals surface area contributed by atoms with E-state index in [-0.39, 0.29) is 32.1 Å². The third kappa shape index (κ3) is 47.5. The molecule has 9 nitrogen and oxygen atoms in total. The number of allylic oxidation sites excluding steroid dienone is 4. The normalized spacial score (nSPS) is 13.3. The Bertz CT molecular complexity index is 1040. The predicted molar refractivity (Wildman–Crippen MR) is 252 cm³/mol. The van der Waals surface area contributed by atoms with Crippen molar-refractivity contribution in [3.8, 4) is 0 Å². The fourth-order valence-electron chi connectivity index (χ4n) is 7.30. The zero-order valence-corrected chi connectivity index (χ0v) is 40.1. The molecule has 0 bridgehead atoms. The van der Waals surface area contributed by atoms with E-state index in [1.54, 1.807) is 0 Å². The number of hydrogen-bond donors (Lipinski definition) is 3. The summed E-state index contributed by atoms with van der Waals surface area (Å²) in [6.07, 6.45) is 52.7. The summed E-state index contributed by atoms with van der Waals surface area (Å²) in [4.78, 5) is 34.0. The lowest BCUT2D eigenvalue weighted by Gasteiger charge is -2.15. The highest BCUT2D eigenvalue weighted by Gasteiger charge is 2.23. The van der Waals surface area contributed by atoms with Crippen LogP contribution in [0.3, 0.4) is 0 Å². The van der Waals surface area contributed by atoms with Gasteiger partial charge in [-0.2, -0.15) is 0 Å². The Kier molecular flexibility index (Phi) is 45.8. The minimum Gasteiger partial charge on any atom is -0.463 e. The van der Waals surface area contributed by atoms with Crippen LogP contribution in [0.5, 0.6) is 0 Å². The second-order valence-electron chi connectivity index (χ2n) is 17.1. The molecular formula is C50H96NO8P. The van der Waals surface area contributed by atoms with E-state index in [0.29, 0.717) is 6.42 Å². The molecule has 60 heavy (non-hydrogen) atoms. The number of aliphatic hydroxyl groups excluding tert-OH is 1. The van der Waals surface area contributed by atoms with Gasteiger partial charge in [0.1, 0.15) is 12.7 Å². The number of hydrogen-bond acceptors (Lipinski definition) is 7. The Labute approximate surface area is 370 Å². The number of rotatable bonds is 48. The molecule has 0 radical (unpaired) electrons. The number of carbonyl (C=O) groups is 2. The minimum absolute atomic E-state index is 0.0838. The van der Waals surface area contributed by atoms with Crippen LogP contribution in [0.2, 0.25) is 0 Å². The van der Waals surface area contributed by atoms with Gasteiger partial charge in [0.05, 0.1) is 13.2 Å². The molecule has 0 fully saturated rings. The van der Waals surface area contributed by atoms with E-state index in [1.807, 2.05) is 0 Å². The number of unbranched alkanes of at least 4 members (excludes halogenated alkanes) is 31. The fraction of sp³-hybridized carbons (Fsp3) is 0.880. The van der Waals surface area contributed by atoms with E-state index in [4.69, 9.17) is 13.8 Å². The second-order valence-corrected chi connectivity index (χ2v) is 18.6. The van der Waals surface area contributed by atoms with Gasteiger partial charge in [-0.05, 0) is 44.9 Å². The van der Waals surface area contributed by atoms with Crippen molar-refractivity contribution in [2.75, 3.05) is 26.4 Å². The van der Waals surface area contributed by atoms with Crippen LogP contribution in [0, 0.1) is 0 Å². The van der Waals surface area contributed by atoms with Crippen LogP contribution in [0.4, 0.5) is 0 Å². The molecule has 0 rings (SSSR count). The molecule has 0 saturated carbocycles. The Morgan fingerprint density at radius 3 is 1.37 bits per heavy atom. The third-order valence-corrected chi connectivity index (χ3v) is 12.1. The quantitative estimate of drug-likeness (QED) is 0.0238. The standard InChI is InChI=1S/C50H96NO8P/c1-3-5-7-9-11-13-15-17-19-20-21-22-23-24-25-26-27-29-30-32-34-36-38-40-42-49(53)51-44-45-58-60(55,56)59-47-48(52)46-57-50(54)43-41-39-37-35-33-31-28-18-16-14-12-10-8-6-4-2/h12,14,18,28,48,52H,3-11,13,15-17,19-27,29-47H2,1-2H3,(H,51,53)(H,55,56)/b14-12-,28-18-. The Morgan fingerprint density at radius 1 is 0.517 bits per heavy atom. The Morgan fingerprint density at radius 2 is 0.900 bits per heavy atom. The van der Waals surface area contributed by atoms with E-state index >= 15 is 0 Å². The van der Waals surface area contributed by atoms with Gasteiger partial charge in [-0.1, -0.05) is 218 Å². The van der Waals surface area contributed by atoms with Gasteiger partial charge in [0.25, 0.3) is 0 Å². The summed E-state index contributed by atoms with van der Waals surface area (Å²) in [6, 6.07) is 0. The van der Waals surface area contributed by atoms with Gasteiger partial charge >= 0.3 is 13.8 Å². The number of nitrogens with one attached hydrogen (secondary N) is 1. The van der Waals surface area contributed by atoms with E-state index in [9.17, 15) is 24.2 Å². The molecule has 0 heterocycles. The van der Waals surface area contributed by atoms with Crippen LogP contribution in [-0.2, 0) is 27.9 Å². The number of esters is 1. The number of amides is 1. The topological polar surface area (TPSA) is 131 Å². The van der Waals surface area contributed by atoms with Crippen molar-refractivity contribution >= 4 is 19.7 Å². The molecule has 2 unspecified atom stereocenters. The van der Waals surface area contributed by atoms with Gasteiger partial charge in [-0.15, -0.1) is 0 Å². The number of phosphoric ester groups is 1. The first-order chi connectivity index (χ1) is 29.3. The summed E-state index contributed by atoms with van der Waals surface area (Å²) in [5, 5.41) is 12.7. The minimum atomic E-state index is -4.42. The molecule has 0 aromatic rings. The molecule has 0 saturated heterocycles.